The second-order valence-electron chi connectivity index (χ2n) is 7.65. The Kier molecular flexibility index (Phi) is 6.14. The summed E-state index contributed by atoms with van der Waals surface area (Å²) in [7, 11) is 1.59. The van der Waals surface area contributed by atoms with E-state index in [9.17, 15) is 4.79 Å². The molecule has 9 heteroatoms. The van der Waals surface area contributed by atoms with E-state index >= 15 is 0 Å². The highest BCUT2D eigenvalue weighted by Crippen LogP contribution is 2.30. The van der Waals surface area contributed by atoms with Crippen LogP contribution in [0.15, 0.2) is 48.6 Å². The second-order valence-corrected chi connectivity index (χ2v) is 8.04. The van der Waals surface area contributed by atoms with Crippen molar-refractivity contribution in [3.8, 4) is 11.4 Å². The van der Waals surface area contributed by atoms with Gasteiger partial charge in [-0.1, -0.05) is 23.7 Å². The molecule has 8 nitrogen and oxygen atoms in total. The molecule has 0 N–H and O–H groups in total. The number of methoxy groups -OCH3 is 1. The minimum atomic E-state index is -0.180. The van der Waals surface area contributed by atoms with Crippen molar-refractivity contribution in [3.05, 3.63) is 70.7 Å². The summed E-state index contributed by atoms with van der Waals surface area (Å²) in [4.78, 5) is 23.3. The molecule has 2 aromatic heterocycles. The predicted molar refractivity (Wildman–Crippen MR) is 121 cm³/mol. The Labute approximate surface area is 191 Å². The van der Waals surface area contributed by atoms with Gasteiger partial charge in [0.15, 0.2) is 5.76 Å². The minimum Gasteiger partial charge on any atom is -0.494 e. The summed E-state index contributed by atoms with van der Waals surface area (Å²) in [6, 6.07) is 9.03. The van der Waals surface area contributed by atoms with E-state index in [0.717, 1.165) is 16.8 Å². The first kappa shape index (κ1) is 21.8. The number of aryl methyl sites for hydroxylation is 1. The molecule has 2 atom stereocenters. The van der Waals surface area contributed by atoms with Crippen LogP contribution < -0.4 is 4.74 Å². The number of morpholine rings is 1. The highest BCUT2D eigenvalue weighted by atomic mass is 35.5. The third-order valence-corrected chi connectivity index (χ3v) is 5.53. The van der Waals surface area contributed by atoms with Gasteiger partial charge in [0, 0.05) is 6.20 Å². The third-order valence-electron chi connectivity index (χ3n) is 5.31. The van der Waals surface area contributed by atoms with Gasteiger partial charge in [-0.25, -0.2) is 14.6 Å². The van der Waals surface area contributed by atoms with Gasteiger partial charge in [-0.15, -0.1) is 0 Å². The molecule has 1 saturated heterocycles. The molecule has 3 heterocycles. The second kappa shape index (κ2) is 9.00. The molecule has 3 aromatic rings. The number of hydrogen-bond donors (Lipinski definition) is 0. The van der Waals surface area contributed by atoms with Gasteiger partial charge < -0.3 is 14.4 Å². The first-order chi connectivity index (χ1) is 15.4. The lowest BCUT2D eigenvalue weighted by Crippen LogP contribution is -2.45. The number of ether oxygens (including phenoxy) is 2. The fraction of sp³-hybridized carbons (Fsp3) is 0.304. The smallest absolute Gasteiger partial charge is 0.289 e. The van der Waals surface area contributed by atoms with E-state index in [2.05, 4.69) is 15.1 Å². The van der Waals surface area contributed by atoms with Crippen molar-refractivity contribution < 1.29 is 14.3 Å². The van der Waals surface area contributed by atoms with Crippen LogP contribution in [-0.2, 0) is 9.53 Å². The maximum absolute atomic E-state index is 13.2. The number of nitrogens with zero attached hydrogens (tertiary/aromatic N) is 5. The average molecular weight is 454 g/mol. The molecule has 1 fully saturated rings. The van der Waals surface area contributed by atoms with E-state index in [4.69, 9.17) is 21.1 Å². The first-order valence-electron chi connectivity index (χ1n) is 10.2. The molecule has 1 aromatic carbocycles. The number of amides is 1. The normalized spacial score (nSPS) is 18.5. The van der Waals surface area contributed by atoms with E-state index in [1.54, 1.807) is 41.4 Å². The Morgan fingerprint density at radius 3 is 2.75 bits per heavy atom. The Hall–Kier alpha value is -3.39. The van der Waals surface area contributed by atoms with Crippen molar-refractivity contribution in [1.29, 1.82) is 0 Å². The summed E-state index contributed by atoms with van der Waals surface area (Å²) in [5, 5.41) is 4.75. The highest BCUT2D eigenvalue weighted by Gasteiger charge is 2.33. The predicted octanol–water partition coefficient (Wildman–Crippen LogP) is 3.98. The monoisotopic (exact) mass is 453 g/mol. The van der Waals surface area contributed by atoms with Crippen molar-refractivity contribution in [3.63, 3.8) is 0 Å². The van der Waals surface area contributed by atoms with Gasteiger partial charge in [-0.3, -0.25) is 4.79 Å². The van der Waals surface area contributed by atoms with Crippen LogP contribution in [0.2, 0.25) is 5.15 Å². The molecule has 0 aliphatic carbocycles. The molecule has 0 unspecified atom stereocenters. The number of carbonyl (C=O) groups is 1. The zero-order valence-corrected chi connectivity index (χ0v) is 19.1. The van der Waals surface area contributed by atoms with Crippen molar-refractivity contribution >= 4 is 23.6 Å². The van der Waals surface area contributed by atoms with Gasteiger partial charge in [0.1, 0.15) is 34.8 Å². The van der Waals surface area contributed by atoms with Crippen LogP contribution in [0.4, 0.5) is 0 Å². The fourth-order valence-electron chi connectivity index (χ4n) is 3.64. The molecule has 1 amide bonds. The van der Waals surface area contributed by atoms with Crippen molar-refractivity contribution in [1.82, 2.24) is 24.6 Å². The van der Waals surface area contributed by atoms with Gasteiger partial charge in [0.25, 0.3) is 5.91 Å². The SMILES string of the molecule is COc1cc(/C=C2\O[C@H](C)CN([C@@H](C)c3ccc(Cl)nc3)C2=O)ccc1-n1cnc(C)n1. The molecule has 0 radical (unpaired) electrons. The van der Waals surface area contributed by atoms with Crippen molar-refractivity contribution in [2.24, 2.45) is 0 Å². The minimum absolute atomic E-state index is 0.152. The average Bonchev–Trinajstić information content (AvgIpc) is 3.22. The number of pyridine rings is 1. The van der Waals surface area contributed by atoms with Crippen molar-refractivity contribution in [2.75, 3.05) is 13.7 Å². The lowest BCUT2D eigenvalue weighted by molar-refractivity contribution is -0.141. The Balaban J connectivity index is 1.62. The van der Waals surface area contributed by atoms with E-state index in [1.165, 1.54) is 0 Å². The highest BCUT2D eigenvalue weighted by molar-refractivity contribution is 6.29. The van der Waals surface area contributed by atoms with E-state index in [-0.39, 0.29) is 23.8 Å². The number of carbonyl (C=O) groups excluding carboxylic acids is 1. The van der Waals surface area contributed by atoms with E-state index < -0.39 is 0 Å². The van der Waals surface area contributed by atoms with Gasteiger partial charge in [-0.05, 0) is 56.2 Å². The molecule has 0 spiro atoms. The quantitative estimate of drug-likeness (QED) is 0.429. The molecule has 1 aliphatic heterocycles. The van der Waals surface area contributed by atoms with Crippen LogP contribution in [0.5, 0.6) is 5.75 Å². The van der Waals surface area contributed by atoms with Crippen LogP contribution in [0.25, 0.3) is 11.8 Å². The lowest BCUT2D eigenvalue weighted by atomic mass is 10.1. The van der Waals surface area contributed by atoms with Gasteiger partial charge in [-0.2, -0.15) is 5.10 Å². The summed E-state index contributed by atoms with van der Waals surface area (Å²) >= 11 is 5.90. The van der Waals surface area contributed by atoms with E-state index in [1.807, 2.05) is 45.0 Å². The molecule has 166 valence electrons. The molecule has 4 rings (SSSR count). The van der Waals surface area contributed by atoms with Gasteiger partial charge in [0.2, 0.25) is 0 Å². The van der Waals surface area contributed by atoms with Gasteiger partial charge in [0.05, 0.1) is 19.7 Å². The fourth-order valence-corrected chi connectivity index (χ4v) is 3.75. The lowest BCUT2D eigenvalue weighted by Gasteiger charge is -2.37. The summed E-state index contributed by atoms with van der Waals surface area (Å²) in [6.45, 7) is 6.21. The zero-order chi connectivity index (χ0) is 22.8. The summed E-state index contributed by atoms with van der Waals surface area (Å²) in [6.07, 6.45) is 4.91. The maximum Gasteiger partial charge on any atom is 0.289 e. The molecule has 0 saturated carbocycles. The molecule has 0 bridgehead atoms. The molecule has 32 heavy (non-hydrogen) atoms. The zero-order valence-electron chi connectivity index (χ0n) is 18.3. The van der Waals surface area contributed by atoms with Crippen LogP contribution in [-0.4, -0.2) is 50.3 Å². The van der Waals surface area contributed by atoms with E-state index in [0.29, 0.717) is 23.3 Å². The topological polar surface area (TPSA) is 82.4 Å². The number of aromatic nitrogens is 4. The van der Waals surface area contributed by atoms with Gasteiger partial charge >= 0.3 is 0 Å². The first-order valence-corrected chi connectivity index (χ1v) is 10.6. The third kappa shape index (κ3) is 4.45. The van der Waals surface area contributed by atoms with Crippen LogP contribution in [0.3, 0.4) is 0 Å². The van der Waals surface area contributed by atoms with Crippen molar-refractivity contribution in [2.45, 2.75) is 32.9 Å². The number of hydrogen-bond acceptors (Lipinski definition) is 6. The largest absolute Gasteiger partial charge is 0.494 e. The Morgan fingerprint density at radius 1 is 1.28 bits per heavy atom. The Bertz CT molecular complexity index is 1160. The maximum atomic E-state index is 13.2. The summed E-state index contributed by atoms with van der Waals surface area (Å²) in [5.41, 5.74) is 2.44. The standard InChI is InChI=1S/C23H24ClN5O3/c1-14-12-28(15(2)18-6-8-22(24)25-11-18)23(30)21(32-14)10-17-5-7-19(20(9-17)31-4)29-13-26-16(3)27-29/h5-11,13-15H,12H2,1-4H3/b21-10-/t14-,15+/m1/s1. The Morgan fingerprint density at radius 2 is 2.09 bits per heavy atom. The number of rotatable bonds is 5. The van der Waals surface area contributed by atoms with Crippen LogP contribution in [0, 0.1) is 6.92 Å². The number of halogens is 1. The van der Waals surface area contributed by atoms with Crippen LogP contribution >= 0.6 is 11.6 Å². The molecule has 1 aliphatic rings. The summed E-state index contributed by atoms with van der Waals surface area (Å²) in [5.74, 6) is 1.38. The summed E-state index contributed by atoms with van der Waals surface area (Å²) < 4.78 is 13.1. The number of benzene rings is 1. The molecular formula is C23H24ClN5O3. The van der Waals surface area contributed by atoms with Crippen LogP contribution in [0.1, 0.15) is 36.8 Å². The molecular weight excluding hydrogens is 430 g/mol.